The van der Waals surface area contributed by atoms with Crippen LogP contribution in [0.5, 0.6) is 0 Å². The summed E-state index contributed by atoms with van der Waals surface area (Å²) < 4.78 is 5.81. The van der Waals surface area contributed by atoms with Gasteiger partial charge in [-0.15, -0.1) is 0 Å². The molecule has 2 unspecified atom stereocenters. The molecule has 1 fully saturated rings. The van der Waals surface area contributed by atoms with Crippen LogP contribution in [0.3, 0.4) is 0 Å². The number of fused-ring (bicyclic) bond motifs is 1. The van der Waals surface area contributed by atoms with Crippen LogP contribution in [-0.4, -0.2) is 58.3 Å². The van der Waals surface area contributed by atoms with E-state index in [4.69, 9.17) is 4.74 Å². The van der Waals surface area contributed by atoms with Gasteiger partial charge in [0.25, 0.3) is 0 Å². The number of amides is 1. The zero-order chi connectivity index (χ0) is 17.4. The lowest BCUT2D eigenvalue weighted by Gasteiger charge is -2.36. The summed E-state index contributed by atoms with van der Waals surface area (Å²) in [6.45, 7) is 6.55. The molecule has 0 saturated carbocycles. The number of para-hydroxylation sites is 1. The second-order valence-corrected chi connectivity index (χ2v) is 6.68. The molecule has 0 radical (unpaired) electrons. The van der Waals surface area contributed by atoms with Gasteiger partial charge in [0.2, 0.25) is 5.91 Å². The fourth-order valence-corrected chi connectivity index (χ4v) is 3.63. The first kappa shape index (κ1) is 16.2. The van der Waals surface area contributed by atoms with Gasteiger partial charge in [-0.1, -0.05) is 18.2 Å². The summed E-state index contributed by atoms with van der Waals surface area (Å²) >= 11 is 0. The van der Waals surface area contributed by atoms with Gasteiger partial charge in [-0.2, -0.15) is 5.10 Å². The topological polar surface area (TPSA) is 74.3 Å². The van der Waals surface area contributed by atoms with Crippen LogP contribution >= 0.6 is 0 Å². The number of carbonyl (C=O) groups excluding carboxylic acids is 1. The number of nitrogens with one attached hydrogen (secondary N) is 1. The molecule has 1 saturated heterocycles. The van der Waals surface area contributed by atoms with E-state index in [-0.39, 0.29) is 18.1 Å². The molecule has 1 N–H and O–H groups in total. The number of aromatic nitrogens is 3. The molecule has 7 heteroatoms. The maximum absolute atomic E-state index is 13.1. The molecular formula is C18H23N5O2. The van der Waals surface area contributed by atoms with Crippen molar-refractivity contribution in [3.05, 3.63) is 41.5 Å². The quantitative estimate of drug-likeness (QED) is 0.915. The van der Waals surface area contributed by atoms with Gasteiger partial charge in [-0.05, 0) is 31.9 Å². The van der Waals surface area contributed by atoms with Crippen molar-refractivity contribution in [1.29, 1.82) is 0 Å². The van der Waals surface area contributed by atoms with E-state index in [0.29, 0.717) is 19.0 Å². The second kappa shape index (κ2) is 6.57. The van der Waals surface area contributed by atoms with Gasteiger partial charge in [-0.3, -0.25) is 14.8 Å². The average molecular weight is 341 g/mol. The van der Waals surface area contributed by atoms with Crippen molar-refractivity contribution < 1.29 is 9.53 Å². The number of benzene rings is 1. The highest BCUT2D eigenvalue weighted by Crippen LogP contribution is 2.29. The molecule has 25 heavy (non-hydrogen) atoms. The van der Waals surface area contributed by atoms with E-state index >= 15 is 0 Å². The normalized spacial score (nSPS) is 22.0. The van der Waals surface area contributed by atoms with Crippen molar-refractivity contribution in [2.45, 2.75) is 32.4 Å². The largest absolute Gasteiger partial charge is 0.367 e. The third-order valence-corrected chi connectivity index (χ3v) is 5.06. The molecule has 0 bridgehead atoms. The molecule has 2 aliphatic rings. The SMILES string of the molecule is Cc1nc(C2CN(C(C)C(=O)N3CCc4ccccc43)CCO2)n[nH]1. The predicted molar refractivity (Wildman–Crippen MR) is 93.3 cm³/mol. The lowest BCUT2D eigenvalue weighted by atomic mass is 10.1. The van der Waals surface area contributed by atoms with Crippen LogP contribution in [0.25, 0.3) is 0 Å². The third kappa shape index (κ3) is 3.05. The summed E-state index contributed by atoms with van der Waals surface area (Å²) in [5.74, 6) is 1.58. The highest BCUT2D eigenvalue weighted by molar-refractivity contribution is 5.98. The monoisotopic (exact) mass is 341 g/mol. The van der Waals surface area contributed by atoms with Gasteiger partial charge in [0, 0.05) is 25.3 Å². The van der Waals surface area contributed by atoms with Crippen LogP contribution < -0.4 is 4.90 Å². The van der Waals surface area contributed by atoms with E-state index in [2.05, 4.69) is 26.1 Å². The number of aryl methyl sites for hydroxylation is 1. The number of hydrogen-bond acceptors (Lipinski definition) is 5. The molecule has 0 aliphatic carbocycles. The number of rotatable bonds is 3. The van der Waals surface area contributed by atoms with Gasteiger partial charge < -0.3 is 9.64 Å². The fraction of sp³-hybridized carbons (Fsp3) is 0.500. The van der Waals surface area contributed by atoms with Crippen LogP contribution in [0.1, 0.15) is 30.2 Å². The van der Waals surface area contributed by atoms with Crippen molar-refractivity contribution in [3.8, 4) is 0 Å². The Morgan fingerprint density at radius 3 is 3.00 bits per heavy atom. The van der Waals surface area contributed by atoms with Gasteiger partial charge in [0.15, 0.2) is 5.82 Å². The Hall–Kier alpha value is -2.25. The minimum atomic E-state index is -0.197. The van der Waals surface area contributed by atoms with E-state index in [1.165, 1.54) is 5.56 Å². The number of nitrogens with zero attached hydrogens (tertiary/aromatic N) is 4. The van der Waals surface area contributed by atoms with Crippen LogP contribution in [0, 0.1) is 6.92 Å². The molecule has 2 aromatic rings. The molecule has 7 nitrogen and oxygen atoms in total. The van der Waals surface area contributed by atoms with E-state index in [9.17, 15) is 4.79 Å². The first-order valence-corrected chi connectivity index (χ1v) is 8.77. The van der Waals surface area contributed by atoms with Crippen molar-refractivity contribution in [1.82, 2.24) is 20.1 Å². The number of hydrogen-bond donors (Lipinski definition) is 1. The predicted octanol–water partition coefficient (Wildman–Crippen LogP) is 1.46. The van der Waals surface area contributed by atoms with E-state index < -0.39 is 0 Å². The molecule has 1 aromatic heterocycles. The molecule has 1 aromatic carbocycles. The van der Waals surface area contributed by atoms with Crippen LogP contribution in [0.15, 0.2) is 24.3 Å². The fourth-order valence-electron chi connectivity index (χ4n) is 3.63. The highest BCUT2D eigenvalue weighted by Gasteiger charge is 2.34. The first-order valence-electron chi connectivity index (χ1n) is 8.77. The number of aromatic amines is 1. The number of anilines is 1. The van der Waals surface area contributed by atoms with Crippen LogP contribution in [-0.2, 0) is 16.0 Å². The Bertz CT molecular complexity index is 774. The minimum absolute atomic E-state index is 0.150. The van der Waals surface area contributed by atoms with Crippen molar-refractivity contribution in [2.24, 2.45) is 0 Å². The molecular weight excluding hydrogens is 318 g/mol. The molecule has 132 valence electrons. The summed E-state index contributed by atoms with van der Waals surface area (Å²) in [6, 6.07) is 7.96. The van der Waals surface area contributed by atoms with Gasteiger partial charge in [0.05, 0.1) is 12.6 Å². The van der Waals surface area contributed by atoms with Crippen molar-refractivity contribution >= 4 is 11.6 Å². The average Bonchev–Trinajstić information content (AvgIpc) is 3.27. The lowest BCUT2D eigenvalue weighted by Crippen LogP contribution is -2.51. The summed E-state index contributed by atoms with van der Waals surface area (Å²) in [4.78, 5) is 21.5. The zero-order valence-corrected chi connectivity index (χ0v) is 14.6. The summed E-state index contributed by atoms with van der Waals surface area (Å²) in [7, 11) is 0. The van der Waals surface area contributed by atoms with Gasteiger partial charge >= 0.3 is 0 Å². The number of H-pyrrole nitrogens is 1. The Morgan fingerprint density at radius 2 is 2.20 bits per heavy atom. The molecule has 4 rings (SSSR count). The number of carbonyl (C=O) groups is 1. The molecule has 2 aliphatic heterocycles. The van der Waals surface area contributed by atoms with Crippen LogP contribution in [0.4, 0.5) is 5.69 Å². The van der Waals surface area contributed by atoms with E-state index in [0.717, 1.165) is 31.0 Å². The Balaban J connectivity index is 1.47. The second-order valence-electron chi connectivity index (χ2n) is 6.68. The van der Waals surface area contributed by atoms with E-state index in [1.807, 2.05) is 36.9 Å². The third-order valence-electron chi connectivity index (χ3n) is 5.06. The van der Waals surface area contributed by atoms with Crippen LogP contribution in [0.2, 0.25) is 0 Å². The molecule has 0 spiro atoms. The summed E-state index contributed by atoms with van der Waals surface area (Å²) in [5, 5.41) is 7.06. The summed E-state index contributed by atoms with van der Waals surface area (Å²) in [6.07, 6.45) is 0.733. The maximum Gasteiger partial charge on any atom is 0.244 e. The Morgan fingerprint density at radius 1 is 1.36 bits per heavy atom. The zero-order valence-electron chi connectivity index (χ0n) is 14.6. The smallest absolute Gasteiger partial charge is 0.244 e. The number of ether oxygens (including phenoxy) is 1. The number of morpholine rings is 1. The summed E-state index contributed by atoms with van der Waals surface area (Å²) in [5.41, 5.74) is 2.30. The van der Waals surface area contributed by atoms with Gasteiger partial charge in [0.1, 0.15) is 11.9 Å². The highest BCUT2D eigenvalue weighted by atomic mass is 16.5. The minimum Gasteiger partial charge on any atom is -0.367 e. The molecule has 2 atom stereocenters. The lowest BCUT2D eigenvalue weighted by molar-refractivity contribution is -0.126. The maximum atomic E-state index is 13.1. The van der Waals surface area contributed by atoms with E-state index in [1.54, 1.807) is 0 Å². The van der Waals surface area contributed by atoms with Crippen molar-refractivity contribution in [2.75, 3.05) is 31.1 Å². The standard InChI is InChI=1S/C18H23N5O2/c1-12(18(24)23-8-7-14-5-3-4-6-15(14)23)22-9-10-25-16(11-22)17-19-13(2)20-21-17/h3-6,12,16H,7-11H2,1-2H3,(H,19,20,21). The Kier molecular flexibility index (Phi) is 4.27. The molecule has 3 heterocycles. The first-order chi connectivity index (χ1) is 12.1. The Labute approximate surface area is 147 Å². The van der Waals surface area contributed by atoms with Crippen molar-refractivity contribution in [3.63, 3.8) is 0 Å². The molecule has 1 amide bonds. The van der Waals surface area contributed by atoms with Gasteiger partial charge in [-0.25, -0.2) is 4.98 Å².